The first-order valence-corrected chi connectivity index (χ1v) is 14.5. The van der Waals surface area contributed by atoms with Gasteiger partial charge in [-0.15, -0.1) is 0 Å². The summed E-state index contributed by atoms with van der Waals surface area (Å²) >= 11 is 7.11. The van der Waals surface area contributed by atoms with E-state index in [9.17, 15) is 24.3 Å². The topological polar surface area (TPSA) is 180 Å². The number of carboxylic acid groups (broad SMARTS) is 1. The van der Waals surface area contributed by atoms with Crippen molar-refractivity contribution in [2.75, 3.05) is 7.11 Å². The molecular weight excluding hydrogens is 696 g/mol. The fourth-order valence-corrected chi connectivity index (χ4v) is 5.00. The number of halogens is 2. The Morgan fingerprint density at radius 3 is 2.53 bits per heavy atom. The summed E-state index contributed by atoms with van der Waals surface area (Å²) in [5.41, 5.74) is 2.89. The van der Waals surface area contributed by atoms with Crippen molar-refractivity contribution >= 4 is 61.4 Å². The number of aliphatic hydroxyl groups excluding tert-OH is 1. The lowest BCUT2D eigenvalue weighted by molar-refractivity contribution is -0.164. The van der Waals surface area contributed by atoms with Gasteiger partial charge in [-0.05, 0) is 70.3 Å². The van der Waals surface area contributed by atoms with E-state index in [2.05, 4.69) is 46.6 Å². The van der Waals surface area contributed by atoms with Crippen molar-refractivity contribution in [3.63, 3.8) is 0 Å². The standard InChI is InChI=1S/C28H26Br2N4O9/c1-13-12-31-26-19(7-8-23(36)42-14(2)28(40)41-3)33-25(15-9-16(29)17(30)10-20(15)34(13)26)18-5-4-6-22(32-18)43-24(37)11-21(35)27(38)39/h4-6,9-10,12,14,19,21,35H,7-8,11H2,1-3H3,(H,38,39)/t14?,19-,21?/m0/s1. The van der Waals surface area contributed by atoms with Crippen LogP contribution in [0.2, 0.25) is 0 Å². The third-order valence-electron chi connectivity index (χ3n) is 6.38. The minimum atomic E-state index is -1.92. The molecule has 0 amide bonds. The number of pyridine rings is 1. The molecule has 43 heavy (non-hydrogen) atoms. The molecule has 0 saturated heterocycles. The molecule has 2 unspecified atom stereocenters. The van der Waals surface area contributed by atoms with Crippen molar-refractivity contribution in [1.82, 2.24) is 14.5 Å². The number of nitrogens with zero attached hydrogens (tertiary/aromatic N) is 4. The fraction of sp³-hybridized carbons (Fsp3) is 0.321. The summed E-state index contributed by atoms with van der Waals surface area (Å²) in [5, 5.41) is 18.4. The first kappa shape index (κ1) is 32.0. The van der Waals surface area contributed by atoms with E-state index in [4.69, 9.17) is 19.6 Å². The molecule has 2 aromatic heterocycles. The van der Waals surface area contributed by atoms with E-state index in [1.54, 1.807) is 18.3 Å². The summed E-state index contributed by atoms with van der Waals surface area (Å²) in [6.45, 7) is 3.30. The summed E-state index contributed by atoms with van der Waals surface area (Å²) < 4.78 is 18.4. The van der Waals surface area contributed by atoms with Gasteiger partial charge in [0.1, 0.15) is 11.9 Å². The molecule has 1 aliphatic rings. The van der Waals surface area contributed by atoms with Gasteiger partial charge in [-0.1, -0.05) is 6.07 Å². The molecule has 13 nitrogen and oxygen atoms in total. The van der Waals surface area contributed by atoms with Crippen LogP contribution in [0, 0.1) is 6.92 Å². The van der Waals surface area contributed by atoms with Gasteiger partial charge in [0.25, 0.3) is 0 Å². The SMILES string of the molecule is COC(=O)C(C)OC(=O)CC[C@@H]1N=C(c2cccc(OC(=O)CC(O)C(=O)O)n2)c2cc(Br)c(Br)cc2-n2c(C)cnc21. The summed E-state index contributed by atoms with van der Waals surface area (Å²) in [4.78, 5) is 61.5. The summed E-state index contributed by atoms with van der Waals surface area (Å²) in [6, 6.07) is 7.73. The Balaban J connectivity index is 1.74. The maximum atomic E-state index is 12.6. The maximum absolute atomic E-state index is 12.6. The van der Waals surface area contributed by atoms with Crippen LogP contribution in [0.5, 0.6) is 5.88 Å². The number of rotatable bonds is 10. The van der Waals surface area contributed by atoms with Crippen molar-refractivity contribution in [2.24, 2.45) is 4.99 Å². The van der Waals surface area contributed by atoms with Crippen LogP contribution < -0.4 is 4.74 Å². The molecule has 1 aliphatic heterocycles. The van der Waals surface area contributed by atoms with E-state index in [0.29, 0.717) is 22.8 Å². The fourth-order valence-electron chi connectivity index (χ4n) is 4.33. The molecule has 226 valence electrons. The van der Waals surface area contributed by atoms with Gasteiger partial charge in [0.05, 0.1) is 30.6 Å². The second kappa shape index (κ2) is 13.6. The number of methoxy groups -OCH3 is 1. The smallest absolute Gasteiger partial charge is 0.346 e. The highest BCUT2D eigenvalue weighted by Crippen LogP contribution is 2.37. The van der Waals surface area contributed by atoms with Crippen molar-refractivity contribution in [3.8, 4) is 11.6 Å². The highest BCUT2D eigenvalue weighted by atomic mass is 79.9. The molecule has 2 N–H and O–H groups in total. The molecule has 0 radical (unpaired) electrons. The van der Waals surface area contributed by atoms with E-state index in [0.717, 1.165) is 20.3 Å². The third kappa shape index (κ3) is 7.35. The Bertz CT molecular complexity index is 1620. The Hall–Kier alpha value is -3.95. The average Bonchev–Trinajstić information content (AvgIpc) is 3.28. The Labute approximate surface area is 262 Å². The highest BCUT2D eigenvalue weighted by molar-refractivity contribution is 9.13. The quantitative estimate of drug-likeness (QED) is 0.292. The molecule has 4 rings (SSSR count). The number of carboxylic acids is 1. The van der Waals surface area contributed by atoms with Crippen LogP contribution in [0.1, 0.15) is 55.0 Å². The first-order chi connectivity index (χ1) is 20.4. The van der Waals surface area contributed by atoms with Gasteiger partial charge in [-0.2, -0.15) is 0 Å². The maximum Gasteiger partial charge on any atom is 0.346 e. The number of fused-ring (bicyclic) bond motifs is 3. The lowest BCUT2D eigenvalue weighted by Gasteiger charge is -2.15. The van der Waals surface area contributed by atoms with Gasteiger partial charge in [0, 0.05) is 38.9 Å². The molecule has 0 bridgehead atoms. The average molecular weight is 722 g/mol. The minimum absolute atomic E-state index is 0.0879. The van der Waals surface area contributed by atoms with Crippen LogP contribution in [-0.4, -0.2) is 73.7 Å². The molecule has 3 heterocycles. The Morgan fingerprint density at radius 2 is 1.84 bits per heavy atom. The van der Waals surface area contributed by atoms with E-state index in [1.165, 1.54) is 20.1 Å². The first-order valence-electron chi connectivity index (χ1n) is 12.9. The third-order valence-corrected chi connectivity index (χ3v) is 8.22. The zero-order chi connectivity index (χ0) is 31.4. The predicted octanol–water partition coefficient (Wildman–Crippen LogP) is 3.62. The van der Waals surface area contributed by atoms with Crippen LogP contribution in [0.15, 0.2) is 50.5 Å². The molecule has 0 fully saturated rings. The lowest BCUT2D eigenvalue weighted by Crippen LogP contribution is -2.25. The molecule has 3 atom stereocenters. The number of aliphatic imine (C=N–C) groups is 1. The molecule has 0 spiro atoms. The summed E-state index contributed by atoms with van der Waals surface area (Å²) in [5.74, 6) is -3.40. The number of carbonyl (C=O) groups excluding carboxylic acids is 3. The van der Waals surface area contributed by atoms with Crippen molar-refractivity contribution in [2.45, 2.75) is 51.4 Å². The second-order valence-electron chi connectivity index (χ2n) is 9.46. The number of aromatic nitrogens is 3. The lowest BCUT2D eigenvalue weighted by atomic mass is 10.0. The second-order valence-corrected chi connectivity index (χ2v) is 11.2. The normalized spacial score (nSPS) is 15.2. The van der Waals surface area contributed by atoms with Gasteiger partial charge < -0.3 is 24.4 Å². The monoisotopic (exact) mass is 720 g/mol. The molecule has 15 heteroatoms. The molecule has 3 aromatic rings. The van der Waals surface area contributed by atoms with E-state index in [-0.39, 0.29) is 18.7 Å². The van der Waals surface area contributed by atoms with Crippen LogP contribution >= 0.6 is 31.9 Å². The number of benzene rings is 1. The number of aliphatic hydroxyl groups is 1. The minimum Gasteiger partial charge on any atom is -0.479 e. The Morgan fingerprint density at radius 1 is 1.12 bits per heavy atom. The van der Waals surface area contributed by atoms with Crippen LogP contribution in [0.4, 0.5) is 0 Å². The number of aryl methyl sites for hydroxylation is 1. The van der Waals surface area contributed by atoms with Crippen molar-refractivity contribution in [1.29, 1.82) is 0 Å². The highest BCUT2D eigenvalue weighted by Gasteiger charge is 2.30. The molecular formula is C28H26Br2N4O9. The summed E-state index contributed by atoms with van der Waals surface area (Å²) in [6.07, 6.45) is -1.97. The van der Waals surface area contributed by atoms with Crippen LogP contribution in [0.25, 0.3) is 5.69 Å². The molecule has 0 aliphatic carbocycles. The van der Waals surface area contributed by atoms with Gasteiger partial charge in [0.2, 0.25) is 5.88 Å². The van der Waals surface area contributed by atoms with Gasteiger partial charge >= 0.3 is 23.9 Å². The van der Waals surface area contributed by atoms with E-state index in [1.807, 2.05) is 23.6 Å². The summed E-state index contributed by atoms with van der Waals surface area (Å²) in [7, 11) is 1.20. The van der Waals surface area contributed by atoms with E-state index >= 15 is 0 Å². The van der Waals surface area contributed by atoms with Crippen LogP contribution in [0.3, 0.4) is 0 Å². The van der Waals surface area contributed by atoms with Gasteiger partial charge in [-0.25, -0.2) is 19.6 Å². The number of imidazole rings is 1. The number of hydrogen-bond acceptors (Lipinski definition) is 11. The number of aliphatic carboxylic acids is 1. The Kier molecular flexibility index (Phi) is 10.1. The molecule has 1 aromatic carbocycles. The molecule has 0 saturated carbocycles. The van der Waals surface area contributed by atoms with E-state index < -0.39 is 48.5 Å². The number of carbonyl (C=O) groups is 4. The number of ether oxygens (including phenoxy) is 3. The zero-order valence-corrected chi connectivity index (χ0v) is 26.3. The largest absolute Gasteiger partial charge is 0.479 e. The number of hydrogen-bond donors (Lipinski definition) is 2. The van der Waals surface area contributed by atoms with Crippen molar-refractivity contribution < 1.29 is 43.6 Å². The van der Waals surface area contributed by atoms with Crippen LogP contribution in [-0.2, 0) is 28.7 Å². The van der Waals surface area contributed by atoms with Gasteiger partial charge in [-0.3, -0.25) is 19.1 Å². The predicted molar refractivity (Wildman–Crippen MR) is 157 cm³/mol. The van der Waals surface area contributed by atoms with Gasteiger partial charge in [0.15, 0.2) is 12.2 Å². The van der Waals surface area contributed by atoms with Crippen molar-refractivity contribution in [3.05, 3.63) is 68.2 Å². The zero-order valence-electron chi connectivity index (χ0n) is 23.1. The number of esters is 3.